The highest BCUT2D eigenvalue weighted by molar-refractivity contribution is 9.09. The second kappa shape index (κ2) is 10.9. The molecule has 0 aliphatic heterocycles. The van der Waals surface area contributed by atoms with Crippen molar-refractivity contribution >= 4 is 34.1 Å². The van der Waals surface area contributed by atoms with Crippen LogP contribution in [0.5, 0.6) is 5.75 Å². The predicted molar refractivity (Wildman–Crippen MR) is 113 cm³/mol. The van der Waals surface area contributed by atoms with E-state index in [1.165, 1.54) is 12.1 Å². The highest BCUT2D eigenvalue weighted by atomic mass is 79.9. The summed E-state index contributed by atoms with van der Waals surface area (Å²) in [6, 6.07) is 0.886. The number of imide groups is 1. The van der Waals surface area contributed by atoms with E-state index in [0.29, 0.717) is 4.90 Å². The van der Waals surface area contributed by atoms with E-state index >= 15 is 0 Å². The summed E-state index contributed by atoms with van der Waals surface area (Å²) in [5.74, 6) is -1.19. The zero-order valence-corrected chi connectivity index (χ0v) is 20.4. The van der Waals surface area contributed by atoms with E-state index in [1.807, 2.05) is 0 Å². The van der Waals surface area contributed by atoms with E-state index in [0.717, 1.165) is 13.3 Å². The van der Waals surface area contributed by atoms with Crippen molar-refractivity contribution in [2.24, 2.45) is 0 Å². The maximum Gasteiger partial charge on any atom is 0.420 e. The average Bonchev–Trinajstić information content (AvgIpc) is 2.61. The summed E-state index contributed by atoms with van der Waals surface area (Å²) in [5, 5.41) is 0. The standard InChI is InChI=1S/C20H27BrF2N2O7/c1-19(2,3)31-17(27)25(18(28)32-20(4,5)6)14(15(26)29-7)13(21)12-9-8-11(10-24-12)30-16(22)23/h8-10,13-14,16H,1-7H3/t13?,14-/m0/s1. The van der Waals surface area contributed by atoms with Gasteiger partial charge in [0.2, 0.25) is 0 Å². The third-order valence-electron chi connectivity index (χ3n) is 3.45. The van der Waals surface area contributed by atoms with Crippen LogP contribution in [-0.2, 0) is 19.0 Å². The largest absolute Gasteiger partial charge is 0.467 e. The minimum atomic E-state index is -3.04. The van der Waals surface area contributed by atoms with Gasteiger partial charge in [-0.2, -0.15) is 13.7 Å². The van der Waals surface area contributed by atoms with Gasteiger partial charge in [0.15, 0.2) is 6.04 Å². The van der Waals surface area contributed by atoms with Gasteiger partial charge in [0.05, 0.1) is 23.8 Å². The van der Waals surface area contributed by atoms with Crippen molar-refractivity contribution < 1.29 is 42.1 Å². The Morgan fingerprint density at radius 2 is 1.50 bits per heavy atom. The van der Waals surface area contributed by atoms with Crippen LogP contribution in [0.1, 0.15) is 52.1 Å². The molecule has 32 heavy (non-hydrogen) atoms. The smallest absolute Gasteiger partial charge is 0.420 e. The molecule has 2 atom stereocenters. The number of hydrogen-bond acceptors (Lipinski definition) is 8. The zero-order valence-electron chi connectivity index (χ0n) is 18.9. The lowest BCUT2D eigenvalue weighted by Gasteiger charge is -2.33. The van der Waals surface area contributed by atoms with Crippen LogP contribution in [-0.4, -0.2) is 59.0 Å². The molecule has 180 valence electrons. The molecular weight excluding hydrogens is 498 g/mol. The third kappa shape index (κ3) is 8.56. The molecule has 1 heterocycles. The number of esters is 1. The Kier molecular flexibility index (Phi) is 9.37. The lowest BCUT2D eigenvalue weighted by Crippen LogP contribution is -2.53. The van der Waals surface area contributed by atoms with E-state index in [2.05, 4.69) is 25.7 Å². The first-order chi connectivity index (χ1) is 14.6. The quantitative estimate of drug-likeness (QED) is 0.296. The van der Waals surface area contributed by atoms with Crippen LogP contribution in [0, 0.1) is 0 Å². The van der Waals surface area contributed by atoms with Crippen LogP contribution in [0.15, 0.2) is 18.3 Å². The number of aromatic nitrogens is 1. The Labute approximate surface area is 193 Å². The van der Waals surface area contributed by atoms with Crippen LogP contribution in [0.4, 0.5) is 18.4 Å². The number of carbonyl (C=O) groups excluding carboxylic acids is 3. The highest BCUT2D eigenvalue weighted by Gasteiger charge is 2.45. The molecule has 9 nitrogen and oxygen atoms in total. The number of ether oxygens (including phenoxy) is 4. The van der Waals surface area contributed by atoms with Gasteiger partial charge in [-0.3, -0.25) is 4.98 Å². The number of pyridine rings is 1. The maximum atomic E-state index is 12.9. The van der Waals surface area contributed by atoms with Crippen molar-refractivity contribution in [1.29, 1.82) is 0 Å². The molecule has 1 rings (SSSR count). The zero-order chi connectivity index (χ0) is 24.9. The molecular formula is C20H27BrF2N2O7. The SMILES string of the molecule is COC(=O)[C@H](C(Br)c1ccc(OC(F)F)cn1)N(C(=O)OC(C)(C)C)C(=O)OC(C)(C)C. The van der Waals surface area contributed by atoms with Gasteiger partial charge in [-0.15, -0.1) is 0 Å². The molecule has 1 aromatic rings. The van der Waals surface area contributed by atoms with Crippen LogP contribution < -0.4 is 4.74 Å². The molecule has 0 aromatic carbocycles. The minimum Gasteiger partial charge on any atom is -0.467 e. The molecule has 0 radical (unpaired) electrons. The number of rotatable bonds is 6. The Balaban J connectivity index is 3.42. The van der Waals surface area contributed by atoms with E-state index in [9.17, 15) is 23.2 Å². The van der Waals surface area contributed by atoms with Crippen LogP contribution >= 0.6 is 15.9 Å². The fraction of sp³-hybridized carbons (Fsp3) is 0.600. The molecule has 0 saturated heterocycles. The number of hydrogen-bond donors (Lipinski definition) is 0. The van der Waals surface area contributed by atoms with Gasteiger partial charge in [0.25, 0.3) is 0 Å². The Hall–Kier alpha value is -2.50. The summed E-state index contributed by atoms with van der Waals surface area (Å²) in [7, 11) is 1.07. The van der Waals surface area contributed by atoms with Gasteiger partial charge in [0, 0.05) is 0 Å². The van der Waals surface area contributed by atoms with Gasteiger partial charge in [-0.05, 0) is 53.7 Å². The fourth-order valence-electron chi connectivity index (χ4n) is 2.29. The topological polar surface area (TPSA) is 104 Å². The molecule has 12 heteroatoms. The molecule has 0 aliphatic rings. The molecule has 1 aromatic heterocycles. The average molecular weight is 525 g/mol. The van der Waals surface area contributed by atoms with Gasteiger partial charge < -0.3 is 18.9 Å². The third-order valence-corrected chi connectivity index (χ3v) is 4.42. The molecule has 0 spiro atoms. The summed E-state index contributed by atoms with van der Waals surface area (Å²) in [4.78, 5) is 41.8. The number of nitrogens with zero attached hydrogens (tertiary/aromatic N) is 2. The van der Waals surface area contributed by atoms with Crippen molar-refractivity contribution in [2.75, 3.05) is 7.11 Å². The molecule has 0 N–H and O–H groups in total. The summed E-state index contributed by atoms with van der Waals surface area (Å²) < 4.78 is 44.4. The summed E-state index contributed by atoms with van der Waals surface area (Å²) in [6.45, 7) is 6.46. The Morgan fingerprint density at radius 3 is 1.84 bits per heavy atom. The molecule has 0 saturated carbocycles. The molecule has 2 amide bonds. The van der Waals surface area contributed by atoms with Gasteiger partial charge in [-0.1, -0.05) is 15.9 Å². The van der Waals surface area contributed by atoms with Gasteiger partial charge in [-0.25, -0.2) is 14.4 Å². The Morgan fingerprint density at radius 1 is 1.00 bits per heavy atom. The summed E-state index contributed by atoms with van der Waals surface area (Å²) in [6.07, 6.45) is -1.29. The first kappa shape index (κ1) is 27.5. The lowest BCUT2D eigenvalue weighted by atomic mass is 10.1. The molecule has 0 bridgehead atoms. The fourth-order valence-corrected chi connectivity index (χ4v) is 3.01. The van der Waals surface area contributed by atoms with Gasteiger partial charge in [0.1, 0.15) is 17.0 Å². The first-order valence-electron chi connectivity index (χ1n) is 9.43. The number of amides is 2. The maximum absolute atomic E-state index is 12.9. The molecule has 0 fully saturated rings. The van der Waals surface area contributed by atoms with Crippen LogP contribution in [0.2, 0.25) is 0 Å². The van der Waals surface area contributed by atoms with Crippen molar-refractivity contribution in [3.63, 3.8) is 0 Å². The van der Waals surface area contributed by atoms with Crippen molar-refractivity contribution in [3.8, 4) is 5.75 Å². The predicted octanol–water partition coefficient (Wildman–Crippen LogP) is 4.83. The number of methoxy groups -OCH3 is 1. The van der Waals surface area contributed by atoms with E-state index in [1.54, 1.807) is 41.5 Å². The highest BCUT2D eigenvalue weighted by Crippen LogP contribution is 2.32. The van der Waals surface area contributed by atoms with E-state index in [4.69, 9.17) is 14.2 Å². The van der Waals surface area contributed by atoms with Crippen LogP contribution in [0.3, 0.4) is 0 Å². The Bertz CT molecular complexity index is 780. The van der Waals surface area contributed by atoms with Crippen molar-refractivity contribution in [1.82, 2.24) is 9.88 Å². The van der Waals surface area contributed by atoms with E-state index < -0.39 is 46.8 Å². The minimum absolute atomic E-state index is 0.124. The monoisotopic (exact) mass is 524 g/mol. The summed E-state index contributed by atoms with van der Waals surface area (Å²) in [5.41, 5.74) is -1.86. The normalized spacial score (nSPS) is 13.7. The van der Waals surface area contributed by atoms with Crippen molar-refractivity contribution in [2.45, 2.75) is 70.2 Å². The van der Waals surface area contributed by atoms with Crippen LogP contribution in [0.25, 0.3) is 0 Å². The molecule has 0 aliphatic carbocycles. The lowest BCUT2D eigenvalue weighted by molar-refractivity contribution is -0.146. The first-order valence-corrected chi connectivity index (χ1v) is 10.3. The number of halogens is 3. The van der Waals surface area contributed by atoms with Crippen molar-refractivity contribution in [3.05, 3.63) is 24.0 Å². The summed E-state index contributed by atoms with van der Waals surface area (Å²) >= 11 is 3.26. The van der Waals surface area contributed by atoms with Gasteiger partial charge >= 0.3 is 24.8 Å². The number of carbonyl (C=O) groups is 3. The number of alkyl halides is 3. The second-order valence-electron chi connectivity index (χ2n) is 8.50. The molecule has 1 unspecified atom stereocenters. The van der Waals surface area contributed by atoms with E-state index in [-0.39, 0.29) is 11.4 Å². The second-order valence-corrected chi connectivity index (χ2v) is 9.48.